The molecule has 23 heavy (non-hydrogen) atoms. The quantitative estimate of drug-likeness (QED) is 0.798. The lowest BCUT2D eigenvalue weighted by molar-refractivity contribution is -0.118. The topological polar surface area (TPSA) is 38.3 Å². The van der Waals surface area contributed by atoms with Gasteiger partial charge >= 0.3 is 0 Å². The van der Waals surface area contributed by atoms with Crippen molar-refractivity contribution in [3.63, 3.8) is 0 Å². The molecule has 0 spiro atoms. The molecule has 122 valence electrons. The Morgan fingerprint density at radius 3 is 2.52 bits per heavy atom. The molecule has 0 saturated heterocycles. The van der Waals surface area contributed by atoms with Gasteiger partial charge in [-0.3, -0.25) is 4.79 Å². The predicted molar refractivity (Wildman–Crippen MR) is 95.3 cm³/mol. The lowest BCUT2D eigenvalue weighted by atomic mass is 9.85. The average Bonchev–Trinajstić information content (AvgIpc) is 2.56. The molecule has 2 rings (SSSR count). The Morgan fingerprint density at radius 1 is 1.22 bits per heavy atom. The summed E-state index contributed by atoms with van der Waals surface area (Å²) in [4.78, 5) is 12.9. The van der Waals surface area contributed by atoms with Crippen LogP contribution in [0, 0.1) is 5.92 Å². The molecule has 0 aliphatic heterocycles. The number of anilines is 1. The van der Waals surface area contributed by atoms with Gasteiger partial charge in [-0.15, -0.1) is 0 Å². The van der Waals surface area contributed by atoms with Crippen LogP contribution < -0.4 is 10.1 Å². The van der Waals surface area contributed by atoms with Crippen LogP contribution >= 0.6 is 11.6 Å². The van der Waals surface area contributed by atoms with Crippen molar-refractivity contribution in [2.45, 2.75) is 26.2 Å². The Labute approximate surface area is 142 Å². The lowest BCUT2D eigenvalue weighted by Gasteiger charge is -2.23. The molecule has 0 unspecified atom stereocenters. The van der Waals surface area contributed by atoms with E-state index < -0.39 is 0 Å². The first-order valence-corrected chi connectivity index (χ1v) is 8.14. The van der Waals surface area contributed by atoms with E-state index in [1.807, 2.05) is 30.3 Å². The van der Waals surface area contributed by atoms with E-state index in [-0.39, 0.29) is 17.7 Å². The van der Waals surface area contributed by atoms with Gasteiger partial charge in [0.1, 0.15) is 5.75 Å². The van der Waals surface area contributed by atoms with Crippen LogP contribution in [0.25, 0.3) is 0 Å². The number of benzene rings is 2. The molecular formula is C19H22ClNO2. The number of hydrogen-bond acceptors (Lipinski definition) is 2. The van der Waals surface area contributed by atoms with Gasteiger partial charge in [0.15, 0.2) is 0 Å². The molecule has 0 bridgehead atoms. The Hall–Kier alpha value is -2.00. The summed E-state index contributed by atoms with van der Waals surface area (Å²) >= 11 is 6.04. The van der Waals surface area contributed by atoms with E-state index in [0.717, 1.165) is 12.0 Å². The lowest BCUT2D eigenvalue weighted by Crippen LogP contribution is -2.26. The van der Waals surface area contributed by atoms with Crippen LogP contribution in [0.15, 0.2) is 48.5 Å². The second-order valence-electron chi connectivity index (χ2n) is 5.61. The zero-order valence-corrected chi connectivity index (χ0v) is 14.4. The SMILES string of the molecule is CC[C@H](C)[C@H](C(=O)Nc1cc(Cl)ccc1OC)c1ccccc1. The highest BCUT2D eigenvalue weighted by atomic mass is 35.5. The van der Waals surface area contributed by atoms with E-state index >= 15 is 0 Å². The Balaban J connectivity index is 2.30. The van der Waals surface area contributed by atoms with Gasteiger partial charge in [0.25, 0.3) is 0 Å². The van der Waals surface area contributed by atoms with Crippen LogP contribution in [0.4, 0.5) is 5.69 Å². The summed E-state index contributed by atoms with van der Waals surface area (Å²) in [6.45, 7) is 4.18. The molecule has 0 fully saturated rings. The third kappa shape index (κ3) is 4.26. The van der Waals surface area contributed by atoms with Gasteiger partial charge in [-0.25, -0.2) is 0 Å². The molecule has 1 N–H and O–H groups in total. The van der Waals surface area contributed by atoms with Crippen LogP contribution in [0.3, 0.4) is 0 Å². The summed E-state index contributed by atoms with van der Waals surface area (Å²) in [5.41, 5.74) is 1.61. The zero-order valence-electron chi connectivity index (χ0n) is 13.7. The molecule has 0 aromatic heterocycles. The van der Waals surface area contributed by atoms with Crippen molar-refractivity contribution in [2.75, 3.05) is 12.4 Å². The first-order chi connectivity index (χ1) is 11.1. The fourth-order valence-corrected chi connectivity index (χ4v) is 2.79. The summed E-state index contributed by atoms with van der Waals surface area (Å²) < 4.78 is 5.30. The standard InChI is InChI=1S/C19H22ClNO2/c1-4-13(2)18(14-8-6-5-7-9-14)19(22)21-16-12-15(20)10-11-17(16)23-3/h5-13,18H,4H2,1-3H3,(H,21,22)/t13-,18-/m0/s1. The molecule has 2 atom stereocenters. The summed E-state index contributed by atoms with van der Waals surface area (Å²) in [6.07, 6.45) is 0.916. The number of methoxy groups -OCH3 is 1. The number of amides is 1. The van der Waals surface area contributed by atoms with Gasteiger partial charge in [0, 0.05) is 5.02 Å². The van der Waals surface area contributed by atoms with Crippen LogP contribution in [0.2, 0.25) is 5.02 Å². The van der Waals surface area contributed by atoms with Gasteiger partial charge in [0.05, 0.1) is 18.7 Å². The molecule has 0 radical (unpaired) electrons. The van der Waals surface area contributed by atoms with E-state index in [1.54, 1.807) is 25.3 Å². The summed E-state index contributed by atoms with van der Waals surface area (Å²) in [5.74, 6) is 0.553. The van der Waals surface area contributed by atoms with Gasteiger partial charge in [-0.1, -0.05) is 62.2 Å². The Morgan fingerprint density at radius 2 is 1.91 bits per heavy atom. The second kappa shape index (κ2) is 8.02. The minimum absolute atomic E-state index is 0.0499. The van der Waals surface area contributed by atoms with Crippen LogP contribution in [-0.4, -0.2) is 13.0 Å². The number of carbonyl (C=O) groups is 1. The van der Waals surface area contributed by atoms with E-state index in [2.05, 4.69) is 19.2 Å². The molecule has 4 heteroatoms. The molecule has 0 saturated carbocycles. The second-order valence-corrected chi connectivity index (χ2v) is 6.04. The van der Waals surface area contributed by atoms with E-state index in [1.165, 1.54) is 0 Å². The number of carbonyl (C=O) groups excluding carboxylic acids is 1. The third-order valence-electron chi connectivity index (χ3n) is 4.07. The Bertz CT molecular complexity index is 658. The maximum atomic E-state index is 12.9. The number of halogens is 1. The van der Waals surface area contributed by atoms with Gasteiger partial charge in [-0.2, -0.15) is 0 Å². The Kier molecular flexibility index (Phi) is 6.05. The predicted octanol–water partition coefficient (Wildman–Crippen LogP) is 5.12. The minimum Gasteiger partial charge on any atom is -0.495 e. The largest absolute Gasteiger partial charge is 0.495 e. The summed E-state index contributed by atoms with van der Waals surface area (Å²) in [5, 5.41) is 3.52. The average molecular weight is 332 g/mol. The normalized spacial score (nSPS) is 13.2. The van der Waals surface area contributed by atoms with Gasteiger partial charge < -0.3 is 10.1 Å². The third-order valence-corrected chi connectivity index (χ3v) is 4.31. The molecule has 0 aliphatic rings. The van der Waals surface area contributed by atoms with Crippen molar-refractivity contribution in [1.82, 2.24) is 0 Å². The van der Waals surface area contributed by atoms with E-state index in [4.69, 9.17) is 16.3 Å². The number of hydrogen-bond donors (Lipinski definition) is 1. The molecular weight excluding hydrogens is 310 g/mol. The van der Waals surface area contributed by atoms with E-state index in [0.29, 0.717) is 16.5 Å². The maximum absolute atomic E-state index is 12.9. The van der Waals surface area contributed by atoms with Crippen LogP contribution in [-0.2, 0) is 4.79 Å². The van der Waals surface area contributed by atoms with Crippen molar-refractivity contribution < 1.29 is 9.53 Å². The summed E-state index contributed by atoms with van der Waals surface area (Å²) in [6, 6.07) is 15.0. The molecule has 0 heterocycles. The first kappa shape index (κ1) is 17.4. The number of rotatable bonds is 6. The highest BCUT2D eigenvalue weighted by Crippen LogP contribution is 2.32. The fourth-order valence-electron chi connectivity index (χ4n) is 2.62. The van der Waals surface area contributed by atoms with Gasteiger partial charge in [0.2, 0.25) is 5.91 Å². The van der Waals surface area contributed by atoms with E-state index in [9.17, 15) is 4.79 Å². The highest BCUT2D eigenvalue weighted by molar-refractivity contribution is 6.31. The monoisotopic (exact) mass is 331 g/mol. The summed E-state index contributed by atoms with van der Waals surface area (Å²) in [7, 11) is 1.57. The molecule has 2 aromatic rings. The van der Waals surface area contributed by atoms with Crippen molar-refractivity contribution in [1.29, 1.82) is 0 Å². The van der Waals surface area contributed by atoms with Crippen LogP contribution in [0.1, 0.15) is 31.7 Å². The smallest absolute Gasteiger partial charge is 0.232 e. The molecule has 0 aliphatic carbocycles. The van der Waals surface area contributed by atoms with Crippen molar-refractivity contribution in [3.05, 3.63) is 59.1 Å². The zero-order chi connectivity index (χ0) is 16.8. The van der Waals surface area contributed by atoms with Crippen molar-refractivity contribution in [2.24, 2.45) is 5.92 Å². The minimum atomic E-state index is -0.218. The number of ether oxygens (including phenoxy) is 1. The van der Waals surface area contributed by atoms with Crippen molar-refractivity contribution in [3.8, 4) is 5.75 Å². The maximum Gasteiger partial charge on any atom is 0.232 e. The van der Waals surface area contributed by atoms with Crippen LogP contribution in [0.5, 0.6) is 5.75 Å². The number of nitrogens with one attached hydrogen (secondary N) is 1. The molecule has 2 aromatic carbocycles. The molecule has 1 amide bonds. The van der Waals surface area contributed by atoms with Crippen molar-refractivity contribution >= 4 is 23.2 Å². The highest BCUT2D eigenvalue weighted by Gasteiger charge is 2.26. The fraction of sp³-hybridized carbons (Fsp3) is 0.316. The molecule has 3 nitrogen and oxygen atoms in total. The van der Waals surface area contributed by atoms with Gasteiger partial charge in [-0.05, 0) is 29.7 Å². The first-order valence-electron chi connectivity index (χ1n) is 7.76.